The molecule has 1 aliphatic carbocycles. The second-order valence-corrected chi connectivity index (χ2v) is 7.24. The number of aliphatic carboxylic acids is 1. The topological polar surface area (TPSA) is 104 Å². The number of carbonyl (C=O) groups is 2. The van der Waals surface area contributed by atoms with Crippen molar-refractivity contribution in [3.05, 3.63) is 24.3 Å². The van der Waals surface area contributed by atoms with Gasteiger partial charge in [0.15, 0.2) is 0 Å². The molecule has 114 valence electrons. The van der Waals surface area contributed by atoms with Gasteiger partial charge in [-0.1, -0.05) is 6.07 Å². The average molecular weight is 312 g/mol. The average Bonchev–Trinajstić information content (AvgIpc) is 3.19. The van der Waals surface area contributed by atoms with Crippen LogP contribution in [0.4, 0.5) is 5.69 Å². The van der Waals surface area contributed by atoms with E-state index in [1.165, 1.54) is 32.3 Å². The van der Waals surface area contributed by atoms with Crippen LogP contribution in [0.1, 0.15) is 6.42 Å². The number of sulfonamides is 1. The Bertz CT molecular complexity index is 684. The molecule has 0 spiro atoms. The molecule has 1 aromatic rings. The minimum atomic E-state index is -3.58. The summed E-state index contributed by atoms with van der Waals surface area (Å²) < 4.78 is 25.1. The lowest BCUT2D eigenvalue weighted by atomic mass is 10.2. The first-order valence-corrected chi connectivity index (χ1v) is 7.73. The van der Waals surface area contributed by atoms with E-state index in [4.69, 9.17) is 5.11 Å². The van der Waals surface area contributed by atoms with Crippen molar-refractivity contribution in [2.24, 2.45) is 11.8 Å². The molecule has 8 heteroatoms. The van der Waals surface area contributed by atoms with Crippen LogP contribution < -0.4 is 5.32 Å². The zero-order chi connectivity index (χ0) is 15.8. The van der Waals surface area contributed by atoms with Crippen LogP contribution in [-0.2, 0) is 19.6 Å². The van der Waals surface area contributed by atoms with Crippen LogP contribution in [0.5, 0.6) is 0 Å². The van der Waals surface area contributed by atoms with Crippen LogP contribution in [0.15, 0.2) is 29.2 Å². The largest absolute Gasteiger partial charge is 0.481 e. The second-order valence-electron chi connectivity index (χ2n) is 5.09. The van der Waals surface area contributed by atoms with Crippen LogP contribution in [-0.4, -0.2) is 43.8 Å². The minimum Gasteiger partial charge on any atom is -0.481 e. The Hall–Kier alpha value is -1.93. The van der Waals surface area contributed by atoms with Gasteiger partial charge in [0, 0.05) is 19.8 Å². The van der Waals surface area contributed by atoms with Crippen LogP contribution in [0.3, 0.4) is 0 Å². The van der Waals surface area contributed by atoms with E-state index in [1.807, 2.05) is 0 Å². The van der Waals surface area contributed by atoms with E-state index in [0.29, 0.717) is 12.1 Å². The van der Waals surface area contributed by atoms with Gasteiger partial charge < -0.3 is 10.4 Å². The maximum Gasteiger partial charge on any atom is 0.307 e. The highest BCUT2D eigenvalue weighted by atomic mass is 32.2. The number of anilines is 1. The molecular weight excluding hydrogens is 296 g/mol. The number of carboxylic acids is 1. The van der Waals surface area contributed by atoms with Crippen LogP contribution >= 0.6 is 0 Å². The summed E-state index contributed by atoms with van der Waals surface area (Å²) in [4.78, 5) is 22.6. The van der Waals surface area contributed by atoms with Crippen LogP contribution in [0.25, 0.3) is 0 Å². The molecule has 2 rings (SSSR count). The van der Waals surface area contributed by atoms with E-state index >= 15 is 0 Å². The molecule has 1 aliphatic rings. The van der Waals surface area contributed by atoms with Gasteiger partial charge in [-0.05, 0) is 24.6 Å². The number of hydrogen-bond acceptors (Lipinski definition) is 4. The summed E-state index contributed by atoms with van der Waals surface area (Å²) in [6.45, 7) is 0. The zero-order valence-electron chi connectivity index (χ0n) is 11.6. The van der Waals surface area contributed by atoms with Crippen LogP contribution in [0.2, 0.25) is 0 Å². The molecule has 7 nitrogen and oxygen atoms in total. The molecular formula is C13H16N2O5S. The van der Waals surface area contributed by atoms with Crippen LogP contribution in [0, 0.1) is 11.8 Å². The van der Waals surface area contributed by atoms with Crippen molar-refractivity contribution in [2.75, 3.05) is 19.4 Å². The standard InChI is InChI=1S/C13H16N2O5S/c1-15(2)21(19,20)9-5-3-4-8(6-9)14-12(16)10-7-11(10)13(17)18/h3-6,10-11H,7H2,1-2H3,(H,14,16)(H,17,18)/t10-,11+/m1/s1. The fourth-order valence-electron chi connectivity index (χ4n) is 1.94. The van der Waals surface area contributed by atoms with Gasteiger partial charge in [-0.25, -0.2) is 12.7 Å². The summed E-state index contributed by atoms with van der Waals surface area (Å²) >= 11 is 0. The maximum atomic E-state index is 12.0. The lowest BCUT2D eigenvalue weighted by Crippen LogP contribution is -2.22. The summed E-state index contributed by atoms with van der Waals surface area (Å²) in [6, 6.07) is 5.87. The maximum absolute atomic E-state index is 12.0. The number of benzene rings is 1. The first-order chi connectivity index (χ1) is 9.73. The van der Waals surface area contributed by atoms with E-state index in [2.05, 4.69) is 5.32 Å². The Balaban J connectivity index is 2.13. The summed E-state index contributed by atoms with van der Waals surface area (Å²) in [5.74, 6) is -2.57. The van der Waals surface area contributed by atoms with E-state index < -0.39 is 33.7 Å². The molecule has 21 heavy (non-hydrogen) atoms. The molecule has 0 radical (unpaired) electrons. The van der Waals surface area contributed by atoms with Crippen molar-refractivity contribution in [3.8, 4) is 0 Å². The molecule has 0 unspecified atom stereocenters. The summed E-state index contributed by atoms with van der Waals surface area (Å²) in [6.07, 6.45) is 0.316. The summed E-state index contributed by atoms with van der Waals surface area (Å²) in [5, 5.41) is 11.3. The molecule has 0 saturated heterocycles. The summed E-state index contributed by atoms with van der Waals surface area (Å²) in [5.41, 5.74) is 0.332. The second kappa shape index (κ2) is 5.45. The summed E-state index contributed by atoms with van der Waals surface area (Å²) in [7, 11) is -0.738. The molecule has 0 aromatic heterocycles. The third-order valence-electron chi connectivity index (χ3n) is 3.32. The molecule has 1 saturated carbocycles. The normalized spacial score (nSPS) is 21.1. The Morgan fingerprint density at radius 1 is 1.29 bits per heavy atom. The predicted molar refractivity (Wildman–Crippen MR) is 75.2 cm³/mol. The zero-order valence-corrected chi connectivity index (χ0v) is 12.4. The van der Waals surface area contributed by atoms with Gasteiger partial charge in [-0.15, -0.1) is 0 Å². The first kappa shape index (κ1) is 15.5. The van der Waals surface area contributed by atoms with Crippen molar-refractivity contribution in [3.63, 3.8) is 0 Å². The fraction of sp³-hybridized carbons (Fsp3) is 0.385. The van der Waals surface area contributed by atoms with Gasteiger partial charge in [0.1, 0.15) is 0 Å². The molecule has 1 aromatic carbocycles. The van der Waals surface area contributed by atoms with Gasteiger partial charge in [-0.2, -0.15) is 0 Å². The Morgan fingerprint density at radius 3 is 2.48 bits per heavy atom. The van der Waals surface area contributed by atoms with Crippen molar-refractivity contribution in [1.82, 2.24) is 4.31 Å². The van der Waals surface area contributed by atoms with Gasteiger partial charge in [0.25, 0.3) is 0 Å². The molecule has 2 atom stereocenters. The number of hydrogen-bond donors (Lipinski definition) is 2. The monoisotopic (exact) mass is 312 g/mol. The highest BCUT2D eigenvalue weighted by Crippen LogP contribution is 2.39. The van der Waals surface area contributed by atoms with Crippen molar-refractivity contribution in [1.29, 1.82) is 0 Å². The lowest BCUT2D eigenvalue weighted by Gasteiger charge is -2.12. The Kier molecular flexibility index (Phi) is 4.02. The van der Waals surface area contributed by atoms with Crippen molar-refractivity contribution < 1.29 is 23.1 Å². The van der Waals surface area contributed by atoms with Gasteiger partial charge in [-0.3, -0.25) is 9.59 Å². The van der Waals surface area contributed by atoms with E-state index in [1.54, 1.807) is 6.07 Å². The fourth-order valence-corrected chi connectivity index (χ4v) is 2.89. The van der Waals surface area contributed by atoms with Gasteiger partial charge >= 0.3 is 5.97 Å². The number of rotatable bonds is 5. The lowest BCUT2D eigenvalue weighted by molar-refractivity contribution is -0.139. The molecule has 0 bridgehead atoms. The van der Waals surface area contributed by atoms with Gasteiger partial charge in [0.2, 0.25) is 15.9 Å². The number of carboxylic acid groups (broad SMARTS) is 1. The first-order valence-electron chi connectivity index (χ1n) is 6.29. The highest BCUT2D eigenvalue weighted by molar-refractivity contribution is 7.89. The number of nitrogens with one attached hydrogen (secondary N) is 1. The number of carbonyl (C=O) groups excluding carboxylic acids is 1. The molecule has 1 amide bonds. The third kappa shape index (κ3) is 3.22. The third-order valence-corrected chi connectivity index (χ3v) is 5.14. The molecule has 0 heterocycles. The predicted octanol–water partition coefficient (Wildman–Crippen LogP) is 0.596. The van der Waals surface area contributed by atoms with Crippen molar-refractivity contribution in [2.45, 2.75) is 11.3 Å². The SMILES string of the molecule is CN(C)S(=O)(=O)c1cccc(NC(=O)[C@@H]2C[C@@H]2C(=O)O)c1. The van der Waals surface area contributed by atoms with Crippen molar-refractivity contribution >= 4 is 27.6 Å². The number of amides is 1. The Morgan fingerprint density at radius 2 is 1.95 bits per heavy atom. The van der Waals surface area contributed by atoms with Gasteiger partial charge in [0.05, 0.1) is 16.7 Å². The minimum absolute atomic E-state index is 0.0656. The number of nitrogens with zero attached hydrogens (tertiary/aromatic N) is 1. The Labute approximate surface area is 122 Å². The van der Waals surface area contributed by atoms with E-state index in [9.17, 15) is 18.0 Å². The smallest absolute Gasteiger partial charge is 0.307 e. The molecule has 1 fully saturated rings. The highest BCUT2D eigenvalue weighted by Gasteiger charge is 2.48. The van der Waals surface area contributed by atoms with E-state index in [0.717, 1.165) is 4.31 Å². The molecule has 2 N–H and O–H groups in total. The van der Waals surface area contributed by atoms with E-state index in [-0.39, 0.29) is 4.90 Å². The quantitative estimate of drug-likeness (QED) is 0.828. The molecule has 0 aliphatic heterocycles.